The molecule has 0 aliphatic heterocycles. The molecule has 1 N–H and O–H groups in total. The number of pyridine rings is 1. The second-order valence-corrected chi connectivity index (χ2v) is 5.23. The van der Waals surface area contributed by atoms with E-state index in [1.165, 1.54) is 6.07 Å². The number of aliphatic hydroxyl groups is 1. The standard InChI is InChI=1S/C15H15BrFNO2/c1-2-5-20-12-6-11(8-18-9-12)15(19)10-3-4-13(16)14(17)7-10/h3-4,6-9,15,19H,2,5H2,1H3. The Kier molecular flexibility index (Phi) is 5.09. The summed E-state index contributed by atoms with van der Waals surface area (Å²) >= 11 is 3.09. The van der Waals surface area contributed by atoms with Crippen molar-refractivity contribution in [2.24, 2.45) is 0 Å². The van der Waals surface area contributed by atoms with Gasteiger partial charge in [-0.25, -0.2) is 4.39 Å². The second kappa shape index (κ2) is 6.81. The Morgan fingerprint density at radius 2 is 2.10 bits per heavy atom. The minimum absolute atomic E-state index is 0.367. The van der Waals surface area contributed by atoms with Gasteiger partial charge in [0.05, 0.1) is 17.3 Å². The number of nitrogens with zero attached hydrogens (tertiary/aromatic N) is 1. The molecule has 1 aromatic carbocycles. The molecular formula is C15H15BrFNO2. The van der Waals surface area contributed by atoms with Gasteiger partial charge in [-0.3, -0.25) is 4.98 Å². The Bertz CT molecular complexity index is 592. The van der Waals surface area contributed by atoms with E-state index in [2.05, 4.69) is 20.9 Å². The van der Waals surface area contributed by atoms with Crippen molar-refractivity contribution in [2.75, 3.05) is 6.61 Å². The van der Waals surface area contributed by atoms with Gasteiger partial charge in [0, 0.05) is 11.8 Å². The number of hydrogen-bond acceptors (Lipinski definition) is 3. The lowest BCUT2D eigenvalue weighted by molar-refractivity contribution is 0.218. The highest BCUT2D eigenvalue weighted by Gasteiger charge is 2.13. The van der Waals surface area contributed by atoms with Gasteiger partial charge >= 0.3 is 0 Å². The summed E-state index contributed by atoms with van der Waals surface area (Å²) in [5, 5.41) is 10.3. The Morgan fingerprint density at radius 3 is 2.80 bits per heavy atom. The van der Waals surface area contributed by atoms with Crippen LogP contribution in [-0.4, -0.2) is 16.7 Å². The van der Waals surface area contributed by atoms with Crippen LogP contribution in [0.25, 0.3) is 0 Å². The summed E-state index contributed by atoms with van der Waals surface area (Å²) < 4.78 is 19.3. The van der Waals surface area contributed by atoms with Crippen LogP contribution < -0.4 is 4.74 Å². The molecule has 0 aliphatic rings. The molecule has 2 aromatic rings. The van der Waals surface area contributed by atoms with Gasteiger partial charge in [-0.15, -0.1) is 0 Å². The first-order valence-electron chi connectivity index (χ1n) is 6.32. The van der Waals surface area contributed by atoms with Crippen molar-refractivity contribution in [3.05, 3.63) is 58.1 Å². The van der Waals surface area contributed by atoms with Crippen LogP contribution in [0, 0.1) is 5.82 Å². The van der Waals surface area contributed by atoms with Gasteiger partial charge in [-0.05, 0) is 46.1 Å². The monoisotopic (exact) mass is 339 g/mol. The Balaban J connectivity index is 2.23. The fourth-order valence-electron chi connectivity index (χ4n) is 1.76. The van der Waals surface area contributed by atoms with Crippen molar-refractivity contribution < 1.29 is 14.2 Å². The Hall–Kier alpha value is -1.46. The van der Waals surface area contributed by atoms with E-state index in [4.69, 9.17) is 4.74 Å². The average Bonchev–Trinajstić information content (AvgIpc) is 2.47. The third-order valence-electron chi connectivity index (χ3n) is 2.78. The number of hydrogen-bond donors (Lipinski definition) is 1. The Morgan fingerprint density at radius 1 is 1.30 bits per heavy atom. The van der Waals surface area contributed by atoms with Crippen molar-refractivity contribution in [1.29, 1.82) is 0 Å². The minimum Gasteiger partial charge on any atom is -0.492 e. The first-order valence-corrected chi connectivity index (χ1v) is 7.12. The molecule has 5 heteroatoms. The third kappa shape index (κ3) is 3.55. The molecule has 1 heterocycles. The Labute approximate surface area is 125 Å². The lowest BCUT2D eigenvalue weighted by Gasteiger charge is -2.13. The van der Waals surface area contributed by atoms with E-state index in [-0.39, 0.29) is 0 Å². The molecule has 0 radical (unpaired) electrons. The third-order valence-corrected chi connectivity index (χ3v) is 3.43. The molecule has 1 atom stereocenters. The van der Waals surface area contributed by atoms with Gasteiger partial charge in [0.15, 0.2) is 0 Å². The van der Waals surface area contributed by atoms with E-state index in [1.807, 2.05) is 6.92 Å². The fourth-order valence-corrected chi connectivity index (χ4v) is 2.01. The fraction of sp³-hybridized carbons (Fsp3) is 0.267. The molecule has 0 saturated heterocycles. The van der Waals surface area contributed by atoms with E-state index < -0.39 is 11.9 Å². The zero-order chi connectivity index (χ0) is 14.5. The summed E-state index contributed by atoms with van der Waals surface area (Å²) in [6.07, 6.45) is 3.10. The lowest BCUT2D eigenvalue weighted by atomic mass is 10.0. The van der Waals surface area contributed by atoms with Crippen LogP contribution in [-0.2, 0) is 0 Å². The maximum absolute atomic E-state index is 13.5. The molecule has 0 amide bonds. The van der Waals surface area contributed by atoms with Crippen LogP contribution in [0.4, 0.5) is 4.39 Å². The highest BCUT2D eigenvalue weighted by atomic mass is 79.9. The van der Waals surface area contributed by atoms with Gasteiger partial charge in [-0.2, -0.15) is 0 Å². The van der Waals surface area contributed by atoms with Crippen LogP contribution in [0.2, 0.25) is 0 Å². The van der Waals surface area contributed by atoms with Crippen LogP contribution in [0.15, 0.2) is 41.1 Å². The molecule has 0 spiro atoms. The molecule has 3 nitrogen and oxygen atoms in total. The van der Waals surface area contributed by atoms with Crippen molar-refractivity contribution in [3.63, 3.8) is 0 Å². The predicted octanol–water partition coefficient (Wildman–Crippen LogP) is 3.85. The second-order valence-electron chi connectivity index (χ2n) is 4.38. The highest BCUT2D eigenvalue weighted by Crippen LogP contribution is 2.26. The number of ether oxygens (including phenoxy) is 1. The molecule has 20 heavy (non-hydrogen) atoms. The summed E-state index contributed by atoms with van der Waals surface area (Å²) in [5.74, 6) is 0.189. The average molecular weight is 340 g/mol. The van der Waals surface area contributed by atoms with Crippen LogP contribution >= 0.6 is 15.9 Å². The van der Waals surface area contributed by atoms with Crippen LogP contribution in [0.1, 0.15) is 30.6 Å². The van der Waals surface area contributed by atoms with Gasteiger partial charge in [0.25, 0.3) is 0 Å². The summed E-state index contributed by atoms with van der Waals surface area (Å²) in [4.78, 5) is 4.04. The summed E-state index contributed by atoms with van der Waals surface area (Å²) in [5.41, 5.74) is 1.04. The zero-order valence-corrected chi connectivity index (χ0v) is 12.6. The summed E-state index contributed by atoms with van der Waals surface area (Å²) in [7, 11) is 0. The van der Waals surface area contributed by atoms with E-state index in [0.29, 0.717) is 28.0 Å². The first kappa shape index (κ1) is 14.9. The summed E-state index contributed by atoms with van der Waals surface area (Å²) in [6, 6.07) is 6.25. The van der Waals surface area contributed by atoms with Crippen LogP contribution in [0.3, 0.4) is 0 Å². The molecule has 1 aromatic heterocycles. The maximum atomic E-state index is 13.5. The van der Waals surface area contributed by atoms with E-state index in [9.17, 15) is 9.50 Å². The number of halogens is 2. The SMILES string of the molecule is CCCOc1cncc(C(O)c2ccc(Br)c(F)c2)c1. The molecule has 0 bridgehead atoms. The quantitative estimate of drug-likeness (QED) is 0.899. The van der Waals surface area contributed by atoms with E-state index in [0.717, 1.165) is 6.42 Å². The molecule has 0 fully saturated rings. The number of aliphatic hydroxyl groups excluding tert-OH is 1. The molecule has 0 aliphatic carbocycles. The minimum atomic E-state index is -0.935. The van der Waals surface area contributed by atoms with Gasteiger partial charge in [0.1, 0.15) is 17.7 Å². The van der Waals surface area contributed by atoms with Crippen molar-refractivity contribution in [2.45, 2.75) is 19.4 Å². The molecular weight excluding hydrogens is 325 g/mol. The molecule has 2 rings (SSSR count). The van der Waals surface area contributed by atoms with Crippen LogP contribution in [0.5, 0.6) is 5.75 Å². The van der Waals surface area contributed by atoms with E-state index >= 15 is 0 Å². The van der Waals surface area contributed by atoms with Gasteiger partial charge in [-0.1, -0.05) is 13.0 Å². The number of rotatable bonds is 5. The first-order chi connectivity index (χ1) is 9.61. The molecule has 0 saturated carbocycles. The summed E-state index contributed by atoms with van der Waals surface area (Å²) in [6.45, 7) is 2.60. The number of aromatic nitrogens is 1. The zero-order valence-electron chi connectivity index (χ0n) is 11.0. The highest BCUT2D eigenvalue weighted by molar-refractivity contribution is 9.10. The largest absolute Gasteiger partial charge is 0.492 e. The topological polar surface area (TPSA) is 42.4 Å². The predicted molar refractivity (Wildman–Crippen MR) is 78.2 cm³/mol. The molecule has 106 valence electrons. The van der Waals surface area contributed by atoms with Crippen molar-refractivity contribution >= 4 is 15.9 Å². The van der Waals surface area contributed by atoms with Gasteiger partial charge in [0.2, 0.25) is 0 Å². The van der Waals surface area contributed by atoms with Gasteiger partial charge < -0.3 is 9.84 Å². The maximum Gasteiger partial charge on any atom is 0.137 e. The van der Waals surface area contributed by atoms with E-state index in [1.54, 1.807) is 30.6 Å². The smallest absolute Gasteiger partial charge is 0.137 e. The normalized spacial score (nSPS) is 12.2. The number of benzene rings is 1. The lowest BCUT2D eigenvalue weighted by Crippen LogP contribution is -2.03. The van der Waals surface area contributed by atoms with Crippen molar-refractivity contribution in [3.8, 4) is 5.75 Å². The van der Waals surface area contributed by atoms with Crippen molar-refractivity contribution in [1.82, 2.24) is 4.98 Å². The molecule has 1 unspecified atom stereocenters.